The summed E-state index contributed by atoms with van der Waals surface area (Å²) < 4.78 is 0. The first-order valence-corrected chi connectivity index (χ1v) is 6.77. The smallest absolute Gasteiger partial charge is 0.139 e. The van der Waals surface area contributed by atoms with Crippen molar-refractivity contribution in [2.45, 2.75) is 19.8 Å². The molecule has 18 heavy (non-hydrogen) atoms. The van der Waals surface area contributed by atoms with Crippen LogP contribution in [0.4, 0.5) is 5.82 Å². The molecule has 0 spiro atoms. The lowest BCUT2D eigenvalue weighted by Gasteiger charge is -2.31. The third kappa shape index (κ3) is 2.15. The van der Waals surface area contributed by atoms with Gasteiger partial charge in [0.1, 0.15) is 12.1 Å². The van der Waals surface area contributed by atoms with Gasteiger partial charge in [0.2, 0.25) is 0 Å². The van der Waals surface area contributed by atoms with Gasteiger partial charge in [-0.3, -0.25) is 0 Å². The van der Waals surface area contributed by atoms with E-state index in [-0.39, 0.29) is 0 Å². The maximum atomic E-state index is 6.08. The van der Waals surface area contributed by atoms with Gasteiger partial charge in [-0.05, 0) is 37.0 Å². The van der Waals surface area contributed by atoms with E-state index in [4.69, 9.17) is 11.6 Å². The van der Waals surface area contributed by atoms with Gasteiger partial charge in [-0.2, -0.15) is 0 Å². The lowest BCUT2D eigenvalue weighted by atomic mass is 9.99. The van der Waals surface area contributed by atoms with Crippen LogP contribution in [0, 0.1) is 5.92 Å². The van der Waals surface area contributed by atoms with Crippen molar-refractivity contribution in [1.29, 1.82) is 0 Å². The van der Waals surface area contributed by atoms with Crippen LogP contribution in [0.1, 0.15) is 19.8 Å². The first kappa shape index (κ1) is 11.7. The summed E-state index contributed by atoms with van der Waals surface area (Å²) in [6.07, 6.45) is 4.10. The molecule has 1 fully saturated rings. The second-order valence-electron chi connectivity index (χ2n) is 5.03. The van der Waals surface area contributed by atoms with E-state index >= 15 is 0 Å². The van der Waals surface area contributed by atoms with E-state index in [1.165, 1.54) is 12.8 Å². The maximum absolute atomic E-state index is 6.08. The molecule has 0 bridgehead atoms. The van der Waals surface area contributed by atoms with Crippen molar-refractivity contribution in [3.63, 3.8) is 0 Å². The number of piperidine rings is 1. The Balaban J connectivity index is 2.03. The topological polar surface area (TPSA) is 29.0 Å². The highest BCUT2D eigenvalue weighted by Gasteiger charge is 2.18. The molecule has 3 rings (SSSR count). The zero-order valence-corrected chi connectivity index (χ0v) is 11.2. The fourth-order valence-electron chi connectivity index (χ4n) is 2.49. The van der Waals surface area contributed by atoms with Gasteiger partial charge in [-0.15, -0.1) is 0 Å². The van der Waals surface area contributed by atoms with Crippen molar-refractivity contribution in [3.05, 3.63) is 29.5 Å². The molecule has 0 amide bonds. The summed E-state index contributed by atoms with van der Waals surface area (Å²) in [6.45, 7) is 4.45. The summed E-state index contributed by atoms with van der Waals surface area (Å²) in [5, 5.41) is 1.79. The monoisotopic (exact) mass is 261 g/mol. The molecule has 3 nitrogen and oxygen atoms in total. The van der Waals surface area contributed by atoms with E-state index in [9.17, 15) is 0 Å². The van der Waals surface area contributed by atoms with Crippen LogP contribution in [0.3, 0.4) is 0 Å². The highest BCUT2D eigenvalue weighted by atomic mass is 35.5. The molecule has 1 aliphatic rings. The zero-order valence-electron chi connectivity index (χ0n) is 10.4. The minimum Gasteiger partial charge on any atom is -0.356 e. The van der Waals surface area contributed by atoms with Crippen LogP contribution < -0.4 is 4.90 Å². The fraction of sp³-hybridized carbons (Fsp3) is 0.429. The highest BCUT2D eigenvalue weighted by Crippen LogP contribution is 2.28. The van der Waals surface area contributed by atoms with Gasteiger partial charge in [0.05, 0.1) is 5.52 Å². The molecule has 0 unspecified atom stereocenters. The molecule has 0 aliphatic carbocycles. The first-order chi connectivity index (χ1) is 8.74. The summed E-state index contributed by atoms with van der Waals surface area (Å²) in [7, 11) is 0. The Hall–Kier alpha value is -1.35. The third-order valence-electron chi connectivity index (χ3n) is 3.66. The van der Waals surface area contributed by atoms with Crippen molar-refractivity contribution in [1.82, 2.24) is 9.97 Å². The number of nitrogens with zero attached hydrogens (tertiary/aromatic N) is 3. The van der Waals surface area contributed by atoms with Crippen LogP contribution in [0.5, 0.6) is 0 Å². The number of hydrogen-bond acceptors (Lipinski definition) is 3. The molecule has 2 heterocycles. The standard InChI is InChI=1S/C14H16ClN3/c1-10-4-6-18(7-5-10)14-12-8-11(15)2-3-13(12)16-9-17-14/h2-3,8-10H,4-7H2,1H3. The molecule has 0 atom stereocenters. The van der Waals surface area contributed by atoms with E-state index in [0.717, 1.165) is 40.8 Å². The Morgan fingerprint density at radius 1 is 1.22 bits per heavy atom. The van der Waals surface area contributed by atoms with Crippen molar-refractivity contribution < 1.29 is 0 Å². The Morgan fingerprint density at radius 3 is 2.78 bits per heavy atom. The molecule has 1 aromatic carbocycles. The van der Waals surface area contributed by atoms with Gasteiger partial charge in [-0.1, -0.05) is 18.5 Å². The van der Waals surface area contributed by atoms with Gasteiger partial charge in [0.25, 0.3) is 0 Å². The molecule has 0 radical (unpaired) electrons. The van der Waals surface area contributed by atoms with Gasteiger partial charge in [-0.25, -0.2) is 9.97 Å². The van der Waals surface area contributed by atoms with Gasteiger partial charge in [0, 0.05) is 23.5 Å². The Morgan fingerprint density at radius 2 is 2.00 bits per heavy atom. The average Bonchev–Trinajstić information content (AvgIpc) is 2.39. The molecule has 1 aromatic heterocycles. The number of hydrogen-bond donors (Lipinski definition) is 0. The third-order valence-corrected chi connectivity index (χ3v) is 3.89. The van der Waals surface area contributed by atoms with Crippen LogP contribution in [-0.2, 0) is 0 Å². The molecule has 1 saturated heterocycles. The fourth-order valence-corrected chi connectivity index (χ4v) is 2.66. The minimum absolute atomic E-state index is 0.740. The minimum atomic E-state index is 0.740. The van der Waals surface area contributed by atoms with Gasteiger partial charge in [0.15, 0.2) is 0 Å². The number of halogens is 1. The largest absolute Gasteiger partial charge is 0.356 e. The molecule has 94 valence electrons. The number of fused-ring (bicyclic) bond motifs is 1. The van der Waals surface area contributed by atoms with E-state index in [1.807, 2.05) is 18.2 Å². The summed E-state index contributed by atoms with van der Waals surface area (Å²) in [5.74, 6) is 1.84. The Kier molecular flexibility index (Phi) is 3.08. The number of anilines is 1. The number of benzene rings is 1. The second kappa shape index (κ2) is 4.73. The van der Waals surface area contributed by atoms with Crippen LogP contribution in [0.15, 0.2) is 24.5 Å². The zero-order chi connectivity index (χ0) is 12.5. The summed E-state index contributed by atoms with van der Waals surface area (Å²) in [5.41, 5.74) is 0.961. The molecular weight excluding hydrogens is 246 g/mol. The van der Waals surface area contributed by atoms with E-state index < -0.39 is 0 Å². The number of rotatable bonds is 1. The number of aromatic nitrogens is 2. The lowest BCUT2D eigenvalue weighted by molar-refractivity contribution is 0.437. The van der Waals surface area contributed by atoms with Crippen molar-refractivity contribution in [2.75, 3.05) is 18.0 Å². The normalized spacial score (nSPS) is 17.3. The summed E-state index contributed by atoms with van der Waals surface area (Å²) >= 11 is 6.08. The lowest BCUT2D eigenvalue weighted by Crippen LogP contribution is -2.33. The quantitative estimate of drug-likeness (QED) is 0.787. The maximum Gasteiger partial charge on any atom is 0.139 e. The van der Waals surface area contributed by atoms with E-state index in [1.54, 1.807) is 6.33 Å². The molecule has 0 saturated carbocycles. The second-order valence-corrected chi connectivity index (χ2v) is 5.46. The van der Waals surface area contributed by atoms with E-state index in [0.29, 0.717) is 0 Å². The first-order valence-electron chi connectivity index (χ1n) is 6.39. The molecule has 0 N–H and O–H groups in total. The predicted molar refractivity (Wildman–Crippen MR) is 75.2 cm³/mol. The van der Waals surface area contributed by atoms with Gasteiger partial charge >= 0.3 is 0 Å². The molecule has 4 heteroatoms. The molecule has 2 aromatic rings. The highest BCUT2D eigenvalue weighted by molar-refractivity contribution is 6.31. The SMILES string of the molecule is CC1CCN(c2ncnc3ccc(Cl)cc23)CC1. The van der Waals surface area contributed by atoms with Crippen molar-refractivity contribution >= 4 is 28.3 Å². The Bertz CT molecular complexity index is 562. The predicted octanol–water partition coefficient (Wildman–Crippen LogP) is 3.52. The van der Waals surface area contributed by atoms with Crippen molar-refractivity contribution in [2.24, 2.45) is 5.92 Å². The van der Waals surface area contributed by atoms with Crippen LogP contribution in [0.25, 0.3) is 10.9 Å². The summed E-state index contributed by atoms with van der Waals surface area (Å²) in [4.78, 5) is 11.1. The molecular formula is C14H16ClN3. The van der Waals surface area contributed by atoms with Crippen LogP contribution >= 0.6 is 11.6 Å². The summed E-state index contributed by atoms with van der Waals surface area (Å²) in [6, 6.07) is 5.79. The average molecular weight is 262 g/mol. The van der Waals surface area contributed by atoms with Crippen molar-refractivity contribution in [3.8, 4) is 0 Å². The Labute approximate surface area is 112 Å². The van der Waals surface area contributed by atoms with Crippen LogP contribution in [0.2, 0.25) is 5.02 Å². The van der Waals surface area contributed by atoms with Gasteiger partial charge < -0.3 is 4.90 Å². The molecule has 1 aliphatic heterocycles. The van der Waals surface area contributed by atoms with E-state index in [2.05, 4.69) is 21.8 Å². The van der Waals surface area contributed by atoms with Crippen LogP contribution in [-0.4, -0.2) is 23.1 Å².